The summed E-state index contributed by atoms with van der Waals surface area (Å²) >= 11 is 0. The van der Waals surface area contributed by atoms with E-state index in [1.54, 1.807) is 0 Å². The Labute approximate surface area is 192 Å². The third-order valence-corrected chi connectivity index (χ3v) is 5.79. The highest BCUT2D eigenvalue weighted by atomic mass is 127. The third kappa shape index (κ3) is 8.15. The first kappa shape index (κ1) is 24.0. The molecule has 2 fully saturated rings. The van der Waals surface area contributed by atoms with E-state index in [0.717, 1.165) is 57.5 Å². The van der Waals surface area contributed by atoms with Crippen LogP contribution in [0.5, 0.6) is 0 Å². The number of hydrogen-bond acceptors (Lipinski definition) is 2. The van der Waals surface area contributed by atoms with Crippen molar-refractivity contribution in [2.24, 2.45) is 16.3 Å². The molecule has 0 heterocycles. The Morgan fingerprint density at radius 1 is 1.07 bits per heavy atom. The predicted octanol–water partition coefficient (Wildman–Crippen LogP) is 3.88. The van der Waals surface area contributed by atoms with Crippen LogP contribution in [0.25, 0.3) is 0 Å². The summed E-state index contributed by atoms with van der Waals surface area (Å²) in [6.07, 6.45) is 7.41. The molecule has 0 radical (unpaired) electrons. The second-order valence-corrected chi connectivity index (χ2v) is 9.24. The van der Waals surface area contributed by atoms with Crippen molar-refractivity contribution < 1.29 is 4.79 Å². The summed E-state index contributed by atoms with van der Waals surface area (Å²) in [5.41, 5.74) is 1.48. The van der Waals surface area contributed by atoms with Crippen LogP contribution in [0.3, 0.4) is 0 Å². The van der Waals surface area contributed by atoms with E-state index < -0.39 is 0 Å². The molecular formula is C23H37IN4O. The SMILES string of the molecule is CN=C(NCC(C)(C)Cc1ccccc1)NC1CCCC(C(=O)NC2CC2)C1.I. The van der Waals surface area contributed by atoms with E-state index in [-0.39, 0.29) is 41.2 Å². The summed E-state index contributed by atoms with van der Waals surface area (Å²) in [7, 11) is 1.82. The van der Waals surface area contributed by atoms with Crippen LogP contribution in [0, 0.1) is 11.3 Å². The van der Waals surface area contributed by atoms with Gasteiger partial charge < -0.3 is 16.0 Å². The molecule has 0 spiro atoms. The zero-order chi connectivity index (χ0) is 20.0. The minimum Gasteiger partial charge on any atom is -0.356 e. The molecule has 162 valence electrons. The van der Waals surface area contributed by atoms with Crippen molar-refractivity contribution in [1.82, 2.24) is 16.0 Å². The van der Waals surface area contributed by atoms with Crippen LogP contribution < -0.4 is 16.0 Å². The lowest BCUT2D eigenvalue weighted by Gasteiger charge is -2.31. The highest BCUT2D eigenvalue weighted by Gasteiger charge is 2.31. The van der Waals surface area contributed by atoms with Crippen LogP contribution >= 0.6 is 24.0 Å². The predicted molar refractivity (Wildman–Crippen MR) is 131 cm³/mol. The van der Waals surface area contributed by atoms with E-state index in [9.17, 15) is 4.79 Å². The van der Waals surface area contributed by atoms with Crippen molar-refractivity contribution in [2.75, 3.05) is 13.6 Å². The minimum atomic E-state index is 0. The molecule has 1 aromatic carbocycles. The first-order valence-electron chi connectivity index (χ1n) is 10.8. The number of guanidine groups is 1. The third-order valence-electron chi connectivity index (χ3n) is 5.79. The van der Waals surface area contributed by atoms with Gasteiger partial charge in [-0.05, 0) is 49.5 Å². The van der Waals surface area contributed by atoms with Crippen molar-refractivity contribution in [3.63, 3.8) is 0 Å². The summed E-state index contributed by atoms with van der Waals surface area (Å²) in [6, 6.07) is 11.4. The number of aliphatic imine (C=N–C) groups is 1. The van der Waals surface area contributed by atoms with Gasteiger partial charge in [-0.25, -0.2) is 0 Å². The molecule has 2 aliphatic rings. The molecule has 29 heavy (non-hydrogen) atoms. The summed E-state index contributed by atoms with van der Waals surface area (Å²) < 4.78 is 0. The monoisotopic (exact) mass is 512 g/mol. The summed E-state index contributed by atoms with van der Waals surface area (Å²) in [6.45, 7) is 5.40. The molecule has 2 saturated carbocycles. The highest BCUT2D eigenvalue weighted by molar-refractivity contribution is 14.0. The zero-order valence-electron chi connectivity index (χ0n) is 18.0. The maximum atomic E-state index is 12.4. The fourth-order valence-corrected chi connectivity index (χ4v) is 4.03. The van der Waals surface area contributed by atoms with E-state index >= 15 is 0 Å². The highest BCUT2D eigenvalue weighted by Crippen LogP contribution is 2.27. The number of benzene rings is 1. The quantitative estimate of drug-likeness (QED) is 0.295. The van der Waals surface area contributed by atoms with Crippen molar-refractivity contribution in [1.29, 1.82) is 0 Å². The van der Waals surface area contributed by atoms with Crippen LogP contribution in [-0.4, -0.2) is 37.5 Å². The van der Waals surface area contributed by atoms with Crippen LogP contribution in [-0.2, 0) is 11.2 Å². The van der Waals surface area contributed by atoms with E-state index in [1.165, 1.54) is 5.56 Å². The number of hydrogen-bond donors (Lipinski definition) is 3. The lowest BCUT2D eigenvalue weighted by Crippen LogP contribution is -2.49. The average Bonchev–Trinajstić information content (AvgIpc) is 3.50. The molecule has 1 aromatic rings. The van der Waals surface area contributed by atoms with Crippen molar-refractivity contribution >= 4 is 35.8 Å². The molecule has 0 saturated heterocycles. The first-order chi connectivity index (χ1) is 13.4. The van der Waals surface area contributed by atoms with Gasteiger partial charge in [-0.1, -0.05) is 50.6 Å². The van der Waals surface area contributed by atoms with Gasteiger partial charge in [0.1, 0.15) is 0 Å². The second-order valence-electron chi connectivity index (χ2n) is 9.24. The summed E-state index contributed by atoms with van der Waals surface area (Å²) in [5.74, 6) is 1.23. The fourth-order valence-electron chi connectivity index (χ4n) is 4.03. The Morgan fingerprint density at radius 2 is 1.79 bits per heavy atom. The second kappa shape index (κ2) is 11.2. The van der Waals surface area contributed by atoms with Gasteiger partial charge in [-0.15, -0.1) is 24.0 Å². The Balaban J connectivity index is 0.00000300. The molecule has 1 amide bonds. The van der Waals surface area contributed by atoms with Gasteiger partial charge in [-0.2, -0.15) is 0 Å². The fraction of sp³-hybridized carbons (Fsp3) is 0.652. The normalized spacial score (nSPS) is 22.4. The van der Waals surface area contributed by atoms with Crippen molar-refractivity contribution in [2.45, 2.75) is 70.9 Å². The molecule has 2 unspecified atom stereocenters. The van der Waals surface area contributed by atoms with Gasteiger partial charge in [-0.3, -0.25) is 9.79 Å². The topological polar surface area (TPSA) is 65.5 Å². The van der Waals surface area contributed by atoms with E-state index in [0.29, 0.717) is 12.1 Å². The Kier molecular flexibility index (Phi) is 9.24. The zero-order valence-corrected chi connectivity index (χ0v) is 20.4. The van der Waals surface area contributed by atoms with Gasteiger partial charge in [0.05, 0.1) is 0 Å². The van der Waals surface area contributed by atoms with Gasteiger partial charge in [0.2, 0.25) is 5.91 Å². The molecular weight excluding hydrogens is 475 g/mol. The first-order valence-corrected chi connectivity index (χ1v) is 10.8. The van der Waals surface area contributed by atoms with Crippen molar-refractivity contribution in [3.05, 3.63) is 35.9 Å². The number of halogens is 1. The number of carbonyl (C=O) groups is 1. The maximum absolute atomic E-state index is 12.4. The van der Waals surface area contributed by atoms with Gasteiger partial charge in [0, 0.05) is 31.6 Å². The molecule has 2 aliphatic carbocycles. The van der Waals surface area contributed by atoms with Crippen LogP contribution in [0.2, 0.25) is 0 Å². The molecule has 5 nitrogen and oxygen atoms in total. The summed E-state index contributed by atoms with van der Waals surface area (Å²) in [4.78, 5) is 16.8. The molecule has 3 rings (SSSR count). The van der Waals surface area contributed by atoms with Crippen LogP contribution in [0.1, 0.15) is 57.9 Å². The van der Waals surface area contributed by atoms with E-state index in [1.807, 2.05) is 7.05 Å². The number of nitrogens with one attached hydrogen (secondary N) is 3. The number of carbonyl (C=O) groups excluding carboxylic acids is 1. The molecule has 0 bridgehead atoms. The van der Waals surface area contributed by atoms with Gasteiger partial charge in [0.15, 0.2) is 5.96 Å². The average molecular weight is 512 g/mol. The van der Waals surface area contributed by atoms with E-state index in [2.05, 4.69) is 65.1 Å². The summed E-state index contributed by atoms with van der Waals surface area (Å²) in [5, 5.41) is 10.2. The van der Waals surface area contributed by atoms with Crippen LogP contribution in [0.4, 0.5) is 0 Å². The number of rotatable bonds is 7. The lowest BCUT2D eigenvalue weighted by molar-refractivity contribution is -0.126. The molecule has 6 heteroatoms. The Bertz CT molecular complexity index is 673. The standard InChI is InChI=1S/C23H36N4O.HI/c1-23(2,15-17-8-5-4-6-9-17)16-25-22(24-3)27-20-11-7-10-18(14-20)21(28)26-19-12-13-19;/h4-6,8-9,18-20H,7,10-16H2,1-3H3,(H,26,28)(H2,24,25,27);1H. The Hall–Kier alpha value is -1.31. The number of amides is 1. The van der Waals surface area contributed by atoms with Crippen molar-refractivity contribution in [3.8, 4) is 0 Å². The largest absolute Gasteiger partial charge is 0.356 e. The van der Waals surface area contributed by atoms with Gasteiger partial charge >= 0.3 is 0 Å². The molecule has 2 atom stereocenters. The van der Waals surface area contributed by atoms with E-state index in [4.69, 9.17) is 0 Å². The lowest BCUT2D eigenvalue weighted by atomic mass is 9.85. The molecule has 0 aliphatic heterocycles. The van der Waals surface area contributed by atoms with Gasteiger partial charge in [0.25, 0.3) is 0 Å². The smallest absolute Gasteiger partial charge is 0.223 e. The molecule has 3 N–H and O–H groups in total. The number of nitrogens with zero attached hydrogens (tertiary/aromatic N) is 1. The maximum Gasteiger partial charge on any atom is 0.223 e. The minimum absolute atomic E-state index is 0. The molecule has 0 aromatic heterocycles. The Morgan fingerprint density at radius 3 is 2.45 bits per heavy atom. The van der Waals surface area contributed by atoms with Crippen LogP contribution in [0.15, 0.2) is 35.3 Å².